The van der Waals surface area contributed by atoms with E-state index in [1.165, 1.54) is 0 Å². The molecule has 1 fully saturated rings. The van der Waals surface area contributed by atoms with Gasteiger partial charge in [-0.1, -0.05) is 12.2 Å². The van der Waals surface area contributed by atoms with E-state index in [1.54, 1.807) is 0 Å². The van der Waals surface area contributed by atoms with Crippen LogP contribution in [0.2, 0.25) is 0 Å². The van der Waals surface area contributed by atoms with Crippen LogP contribution in [0.25, 0.3) is 0 Å². The number of carbonyl (C=O) groups is 1. The maximum absolute atomic E-state index is 11.7. The number of hydrogen-bond donors (Lipinski definition) is 2. The average Bonchev–Trinajstić information content (AvgIpc) is 2.14. The van der Waals surface area contributed by atoms with Gasteiger partial charge in [0.05, 0.1) is 6.04 Å². The first-order chi connectivity index (χ1) is 6.38. The summed E-state index contributed by atoms with van der Waals surface area (Å²) in [5.41, 5.74) is 0. The average molecular weight is 180 g/mol. The Morgan fingerprint density at radius 1 is 1.38 bits per heavy atom. The van der Waals surface area contributed by atoms with E-state index < -0.39 is 0 Å². The maximum Gasteiger partial charge on any atom is 0.150 e. The van der Waals surface area contributed by atoms with Crippen molar-refractivity contribution >= 4 is 5.78 Å². The van der Waals surface area contributed by atoms with E-state index in [0.29, 0.717) is 18.1 Å². The quantitative estimate of drug-likeness (QED) is 0.531. The standard InChI is InChI=1S/C10H16N2O/c13-9-5-3-1-2-4-8-6-11-7-12-10(8)9/h1-2,8,10-12H,3-7H2/b2-1-. The Hall–Kier alpha value is -0.670. The number of fused-ring (bicyclic) bond motifs is 1. The number of Topliss-reactive ketones (excluding diaryl/α,β-unsaturated/α-hetero) is 1. The highest BCUT2D eigenvalue weighted by molar-refractivity contribution is 5.84. The molecule has 72 valence electrons. The summed E-state index contributed by atoms with van der Waals surface area (Å²) in [5, 5.41) is 6.50. The summed E-state index contributed by atoms with van der Waals surface area (Å²) in [6.45, 7) is 1.74. The third-order valence-corrected chi connectivity index (χ3v) is 2.83. The van der Waals surface area contributed by atoms with Crippen molar-refractivity contribution in [3.8, 4) is 0 Å². The second-order valence-corrected chi connectivity index (χ2v) is 3.78. The molecule has 0 bridgehead atoms. The monoisotopic (exact) mass is 180 g/mol. The van der Waals surface area contributed by atoms with Crippen LogP contribution in [-0.2, 0) is 4.79 Å². The van der Waals surface area contributed by atoms with Crippen molar-refractivity contribution < 1.29 is 4.79 Å². The van der Waals surface area contributed by atoms with Gasteiger partial charge in [0.15, 0.2) is 0 Å². The number of rotatable bonds is 0. The van der Waals surface area contributed by atoms with Crippen LogP contribution in [0.5, 0.6) is 0 Å². The summed E-state index contributed by atoms with van der Waals surface area (Å²) in [6, 6.07) is 0.103. The fraction of sp³-hybridized carbons (Fsp3) is 0.700. The van der Waals surface area contributed by atoms with Crippen LogP contribution in [-0.4, -0.2) is 25.0 Å². The Balaban J connectivity index is 2.09. The van der Waals surface area contributed by atoms with E-state index in [4.69, 9.17) is 0 Å². The predicted molar refractivity (Wildman–Crippen MR) is 51.3 cm³/mol. The highest BCUT2D eigenvalue weighted by atomic mass is 16.1. The topological polar surface area (TPSA) is 41.1 Å². The second kappa shape index (κ2) is 4.03. The molecule has 0 spiro atoms. The molecule has 1 heterocycles. The first-order valence-electron chi connectivity index (χ1n) is 5.00. The van der Waals surface area contributed by atoms with E-state index in [-0.39, 0.29) is 6.04 Å². The van der Waals surface area contributed by atoms with Crippen LogP contribution in [0, 0.1) is 5.92 Å². The number of ketones is 1. The number of carbonyl (C=O) groups excluding carboxylic acids is 1. The minimum atomic E-state index is 0.103. The molecule has 2 unspecified atom stereocenters. The van der Waals surface area contributed by atoms with Gasteiger partial charge in [0.25, 0.3) is 0 Å². The zero-order valence-electron chi connectivity index (χ0n) is 7.75. The lowest BCUT2D eigenvalue weighted by atomic mass is 9.87. The molecule has 1 aliphatic carbocycles. The Bertz CT molecular complexity index is 225. The van der Waals surface area contributed by atoms with E-state index >= 15 is 0 Å². The Morgan fingerprint density at radius 3 is 3.23 bits per heavy atom. The Kier molecular flexibility index (Phi) is 2.76. The van der Waals surface area contributed by atoms with Gasteiger partial charge in [-0.05, 0) is 18.8 Å². The van der Waals surface area contributed by atoms with Crippen molar-refractivity contribution in [2.24, 2.45) is 5.92 Å². The van der Waals surface area contributed by atoms with E-state index in [2.05, 4.69) is 22.8 Å². The Morgan fingerprint density at radius 2 is 2.31 bits per heavy atom. The van der Waals surface area contributed by atoms with E-state index in [1.807, 2.05) is 0 Å². The van der Waals surface area contributed by atoms with Crippen molar-refractivity contribution in [3.05, 3.63) is 12.2 Å². The highest BCUT2D eigenvalue weighted by Gasteiger charge is 2.29. The predicted octanol–water partition coefficient (Wildman–Crippen LogP) is 0.431. The largest absolute Gasteiger partial charge is 0.304 e. The van der Waals surface area contributed by atoms with Crippen molar-refractivity contribution in [2.45, 2.75) is 25.3 Å². The maximum atomic E-state index is 11.7. The zero-order chi connectivity index (χ0) is 9.10. The molecule has 3 heteroatoms. The molecule has 0 aromatic heterocycles. The molecular weight excluding hydrogens is 164 g/mol. The minimum Gasteiger partial charge on any atom is -0.304 e. The molecule has 2 aliphatic rings. The molecule has 2 atom stereocenters. The van der Waals surface area contributed by atoms with Gasteiger partial charge in [-0.25, -0.2) is 0 Å². The van der Waals surface area contributed by atoms with Crippen LogP contribution < -0.4 is 10.6 Å². The molecule has 0 radical (unpaired) electrons. The lowest BCUT2D eigenvalue weighted by molar-refractivity contribution is -0.122. The number of hydrogen-bond acceptors (Lipinski definition) is 3. The van der Waals surface area contributed by atoms with Gasteiger partial charge in [-0.3, -0.25) is 10.1 Å². The normalized spacial score (nSPS) is 37.4. The zero-order valence-corrected chi connectivity index (χ0v) is 7.75. The van der Waals surface area contributed by atoms with Gasteiger partial charge >= 0.3 is 0 Å². The minimum absolute atomic E-state index is 0.103. The van der Waals surface area contributed by atoms with Crippen molar-refractivity contribution in [1.82, 2.24) is 10.6 Å². The lowest BCUT2D eigenvalue weighted by Crippen LogP contribution is -2.55. The fourth-order valence-corrected chi connectivity index (χ4v) is 2.09. The number of allylic oxidation sites excluding steroid dienone is 2. The highest BCUT2D eigenvalue weighted by Crippen LogP contribution is 2.17. The second-order valence-electron chi connectivity index (χ2n) is 3.78. The van der Waals surface area contributed by atoms with Gasteiger partial charge in [0.1, 0.15) is 5.78 Å². The number of nitrogens with one attached hydrogen (secondary N) is 2. The third kappa shape index (κ3) is 1.98. The summed E-state index contributed by atoms with van der Waals surface area (Å²) in [4.78, 5) is 11.7. The van der Waals surface area contributed by atoms with E-state index in [9.17, 15) is 4.79 Å². The van der Waals surface area contributed by atoms with Crippen molar-refractivity contribution in [2.75, 3.05) is 13.2 Å². The van der Waals surface area contributed by atoms with Gasteiger partial charge in [-0.2, -0.15) is 0 Å². The smallest absolute Gasteiger partial charge is 0.150 e. The van der Waals surface area contributed by atoms with Gasteiger partial charge in [-0.15, -0.1) is 0 Å². The fourth-order valence-electron chi connectivity index (χ4n) is 2.09. The molecule has 1 aliphatic heterocycles. The summed E-state index contributed by atoms with van der Waals surface area (Å²) in [6.07, 6.45) is 6.97. The molecule has 0 saturated carbocycles. The summed E-state index contributed by atoms with van der Waals surface area (Å²) in [7, 11) is 0. The molecule has 3 nitrogen and oxygen atoms in total. The van der Waals surface area contributed by atoms with E-state index in [0.717, 1.165) is 26.1 Å². The van der Waals surface area contributed by atoms with Crippen LogP contribution in [0.1, 0.15) is 19.3 Å². The summed E-state index contributed by atoms with van der Waals surface area (Å²) in [5.74, 6) is 0.841. The van der Waals surface area contributed by atoms with Gasteiger partial charge in [0, 0.05) is 19.6 Å². The third-order valence-electron chi connectivity index (χ3n) is 2.83. The molecule has 0 aromatic carbocycles. The summed E-state index contributed by atoms with van der Waals surface area (Å²) < 4.78 is 0. The van der Waals surface area contributed by atoms with Crippen LogP contribution >= 0.6 is 0 Å². The molecule has 0 amide bonds. The first kappa shape index (κ1) is 8.91. The van der Waals surface area contributed by atoms with Crippen LogP contribution in [0.3, 0.4) is 0 Å². The lowest BCUT2D eigenvalue weighted by Gasteiger charge is -2.32. The SMILES string of the molecule is O=C1CC/C=C\CC2CNCNC12. The molecule has 13 heavy (non-hydrogen) atoms. The van der Waals surface area contributed by atoms with Gasteiger partial charge in [0.2, 0.25) is 0 Å². The molecule has 2 rings (SSSR count). The molecule has 1 saturated heterocycles. The van der Waals surface area contributed by atoms with Crippen molar-refractivity contribution in [1.29, 1.82) is 0 Å². The van der Waals surface area contributed by atoms with Crippen molar-refractivity contribution in [3.63, 3.8) is 0 Å². The van der Waals surface area contributed by atoms with Gasteiger partial charge < -0.3 is 5.32 Å². The first-order valence-corrected chi connectivity index (χ1v) is 5.00. The Labute approximate surface area is 78.6 Å². The van der Waals surface area contributed by atoms with Crippen LogP contribution in [0.15, 0.2) is 12.2 Å². The molecular formula is C10H16N2O. The molecule has 0 aromatic rings. The molecule has 2 N–H and O–H groups in total. The summed E-state index contributed by atoms with van der Waals surface area (Å²) >= 11 is 0. The van der Waals surface area contributed by atoms with Crippen LogP contribution in [0.4, 0.5) is 0 Å².